The molecule has 1 aliphatic rings. The van der Waals surface area contributed by atoms with Crippen molar-refractivity contribution in [3.05, 3.63) is 46.8 Å². The fraction of sp³-hybridized carbons (Fsp3) is 0.438. The number of aryl methyl sites for hydroxylation is 1. The van der Waals surface area contributed by atoms with Crippen molar-refractivity contribution in [3.8, 4) is 0 Å². The molecule has 0 amide bonds. The number of aromatic nitrogens is 2. The van der Waals surface area contributed by atoms with Crippen LogP contribution in [0.5, 0.6) is 0 Å². The van der Waals surface area contributed by atoms with Crippen LogP contribution < -0.4 is 5.73 Å². The summed E-state index contributed by atoms with van der Waals surface area (Å²) in [6, 6.07) is 8.71. The van der Waals surface area contributed by atoms with Crippen LogP contribution >= 0.6 is 0 Å². The van der Waals surface area contributed by atoms with Gasteiger partial charge in [-0.25, -0.2) is 0 Å². The van der Waals surface area contributed by atoms with E-state index in [1.54, 1.807) is 0 Å². The average molecular weight is 255 g/mol. The molecule has 3 nitrogen and oxygen atoms in total. The van der Waals surface area contributed by atoms with Gasteiger partial charge in [-0.15, -0.1) is 0 Å². The summed E-state index contributed by atoms with van der Waals surface area (Å²) < 4.78 is 2.13. The number of hydrogen-bond donors (Lipinski definition) is 1. The summed E-state index contributed by atoms with van der Waals surface area (Å²) >= 11 is 0. The van der Waals surface area contributed by atoms with Crippen molar-refractivity contribution in [2.45, 2.75) is 45.6 Å². The minimum atomic E-state index is 0.602. The molecule has 0 bridgehead atoms. The molecule has 1 aromatic carbocycles. The molecule has 0 spiro atoms. The lowest BCUT2D eigenvalue weighted by Gasteiger charge is -2.30. The highest BCUT2D eigenvalue weighted by atomic mass is 15.3. The summed E-state index contributed by atoms with van der Waals surface area (Å²) in [5, 5.41) is 4.69. The van der Waals surface area contributed by atoms with E-state index in [0.29, 0.717) is 5.92 Å². The van der Waals surface area contributed by atoms with Crippen LogP contribution in [0.25, 0.3) is 0 Å². The van der Waals surface area contributed by atoms with Gasteiger partial charge in [0.25, 0.3) is 0 Å². The first kappa shape index (κ1) is 12.3. The fourth-order valence-corrected chi connectivity index (χ4v) is 3.09. The summed E-state index contributed by atoms with van der Waals surface area (Å²) in [7, 11) is 0. The molecule has 3 heteroatoms. The summed E-state index contributed by atoms with van der Waals surface area (Å²) in [5.74, 6) is 0.602. The Morgan fingerprint density at radius 1 is 1.26 bits per heavy atom. The van der Waals surface area contributed by atoms with Gasteiger partial charge in [-0.1, -0.05) is 38.1 Å². The predicted octanol–water partition coefficient (Wildman–Crippen LogP) is 2.93. The van der Waals surface area contributed by atoms with E-state index in [1.165, 1.54) is 23.2 Å². The molecule has 0 radical (unpaired) electrons. The summed E-state index contributed by atoms with van der Waals surface area (Å²) in [6.07, 6.45) is 3.03. The highest BCUT2D eigenvalue weighted by Crippen LogP contribution is 2.36. The number of hydrogen-bond acceptors (Lipinski definition) is 2. The van der Waals surface area contributed by atoms with Crippen molar-refractivity contribution < 1.29 is 0 Å². The Labute approximate surface area is 114 Å². The lowest BCUT2D eigenvalue weighted by molar-refractivity contribution is 0.461. The minimum Gasteiger partial charge on any atom is -0.396 e. The maximum atomic E-state index is 6.17. The minimum absolute atomic E-state index is 0.602. The number of anilines is 1. The van der Waals surface area contributed by atoms with E-state index >= 15 is 0 Å². The largest absolute Gasteiger partial charge is 0.396 e. The zero-order valence-electron chi connectivity index (χ0n) is 11.7. The van der Waals surface area contributed by atoms with Gasteiger partial charge in [-0.2, -0.15) is 5.10 Å². The molecule has 100 valence electrons. The van der Waals surface area contributed by atoms with Gasteiger partial charge in [0.2, 0.25) is 0 Å². The first-order valence-corrected chi connectivity index (χ1v) is 7.16. The maximum Gasteiger partial charge on any atom is 0.0854 e. The van der Waals surface area contributed by atoms with Crippen LogP contribution in [0.2, 0.25) is 0 Å². The van der Waals surface area contributed by atoms with E-state index in [0.717, 1.165) is 30.8 Å². The average Bonchev–Trinajstić information content (AvgIpc) is 2.71. The van der Waals surface area contributed by atoms with Crippen molar-refractivity contribution in [2.24, 2.45) is 0 Å². The van der Waals surface area contributed by atoms with Crippen molar-refractivity contribution in [1.82, 2.24) is 9.78 Å². The number of benzene rings is 1. The molecule has 2 aromatic rings. The number of nitrogen functional groups attached to an aromatic ring is 1. The molecular formula is C16H21N3. The van der Waals surface area contributed by atoms with Gasteiger partial charge in [0.1, 0.15) is 0 Å². The third-order valence-electron chi connectivity index (χ3n) is 4.20. The Bertz CT molecular complexity index is 598. The number of rotatable bonds is 4. The molecule has 3 rings (SSSR count). The number of nitrogens with two attached hydrogens (primary N) is 1. The summed E-state index contributed by atoms with van der Waals surface area (Å²) in [4.78, 5) is 0. The molecule has 2 N–H and O–H groups in total. The van der Waals surface area contributed by atoms with Crippen LogP contribution in [-0.2, 0) is 25.8 Å². The molecule has 0 aliphatic heterocycles. The normalized spacial score (nSPS) is 17.1. The lowest BCUT2D eigenvalue weighted by atomic mass is 9.77. The Hall–Kier alpha value is -1.77. The van der Waals surface area contributed by atoms with E-state index in [-0.39, 0.29) is 0 Å². The molecule has 19 heavy (non-hydrogen) atoms. The Morgan fingerprint density at radius 3 is 2.74 bits per heavy atom. The van der Waals surface area contributed by atoms with Crippen LogP contribution in [0.15, 0.2) is 24.3 Å². The molecule has 0 saturated carbocycles. The van der Waals surface area contributed by atoms with E-state index in [2.05, 4.69) is 47.9 Å². The van der Waals surface area contributed by atoms with Gasteiger partial charge < -0.3 is 5.73 Å². The quantitative estimate of drug-likeness (QED) is 0.913. The molecule has 1 aromatic heterocycles. The molecule has 0 fully saturated rings. The van der Waals surface area contributed by atoms with Crippen LogP contribution in [0.4, 0.5) is 5.69 Å². The van der Waals surface area contributed by atoms with E-state index < -0.39 is 0 Å². The van der Waals surface area contributed by atoms with Gasteiger partial charge in [-0.05, 0) is 30.4 Å². The van der Waals surface area contributed by atoms with Crippen molar-refractivity contribution >= 4 is 5.69 Å². The van der Waals surface area contributed by atoms with E-state index in [9.17, 15) is 0 Å². The van der Waals surface area contributed by atoms with Gasteiger partial charge in [0.15, 0.2) is 0 Å². The summed E-state index contributed by atoms with van der Waals surface area (Å²) in [6.45, 7) is 5.23. The van der Waals surface area contributed by atoms with Crippen molar-refractivity contribution in [1.29, 1.82) is 0 Å². The van der Waals surface area contributed by atoms with Gasteiger partial charge in [0, 0.05) is 12.5 Å². The van der Waals surface area contributed by atoms with Crippen LogP contribution in [0.3, 0.4) is 0 Å². The SMILES string of the molecule is CCc1nn(CC2Cc3ccccc32)c(CC)c1N. The Balaban J connectivity index is 1.85. The number of nitrogens with zero attached hydrogens (tertiary/aromatic N) is 2. The first-order chi connectivity index (χ1) is 9.24. The zero-order valence-corrected chi connectivity index (χ0v) is 11.7. The second kappa shape index (κ2) is 4.72. The lowest BCUT2D eigenvalue weighted by Crippen LogP contribution is -2.23. The van der Waals surface area contributed by atoms with Crippen LogP contribution in [-0.4, -0.2) is 9.78 Å². The van der Waals surface area contributed by atoms with Gasteiger partial charge in [0.05, 0.1) is 17.1 Å². The smallest absolute Gasteiger partial charge is 0.0854 e. The zero-order chi connectivity index (χ0) is 13.4. The summed E-state index contributed by atoms with van der Waals surface area (Å²) in [5.41, 5.74) is 12.3. The second-order valence-corrected chi connectivity index (χ2v) is 5.30. The molecular weight excluding hydrogens is 234 g/mol. The molecule has 0 saturated heterocycles. The van der Waals surface area contributed by atoms with Crippen molar-refractivity contribution in [3.63, 3.8) is 0 Å². The van der Waals surface area contributed by atoms with Crippen LogP contribution in [0, 0.1) is 0 Å². The molecule has 1 heterocycles. The molecule has 1 unspecified atom stereocenters. The maximum absolute atomic E-state index is 6.17. The highest BCUT2D eigenvalue weighted by molar-refractivity contribution is 5.49. The van der Waals surface area contributed by atoms with E-state index in [4.69, 9.17) is 5.73 Å². The molecule has 1 atom stereocenters. The third kappa shape index (κ3) is 1.93. The standard InChI is InChI=1S/C16H21N3/c1-3-14-16(17)15(4-2)19(18-14)10-12-9-11-7-5-6-8-13(11)12/h5-8,12H,3-4,9-10,17H2,1-2H3. The van der Waals surface area contributed by atoms with E-state index in [1.807, 2.05) is 0 Å². The third-order valence-corrected chi connectivity index (χ3v) is 4.20. The van der Waals surface area contributed by atoms with Crippen LogP contribution in [0.1, 0.15) is 42.3 Å². The highest BCUT2D eigenvalue weighted by Gasteiger charge is 2.27. The van der Waals surface area contributed by atoms with Gasteiger partial charge in [-0.3, -0.25) is 4.68 Å². The van der Waals surface area contributed by atoms with Crippen molar-refractivity contribution in [2.75, 3.05) is 5.73 Å². The number of fused-ring (bicyclic) bond motifs is 1. The Morgan fingerprint density at radius 2 is 2.05 bits per heavy atom. The molecule has 1 aliphatic carbocycles. The monoisotopic (exact) mass is 255 g/mol. The predicted molar refractivity (Wildman–Crippen MR) is 78.3 cm³/mol. The topological polar surface area (TPSA) is 43.8 Å². The first-order valence-electron chi connectivity index (χ1n) is 7.16. The fourth-order valence-electron chi connectivity index (χ4n) is 3.09. The Kier molecular flexibility index (Phi) is 3.05. The van der Waals surface area contributed by atoms with Gasteiger partial charge >= 0.3 is 0 Å². The second-order valence-electron chi connectivity index (χ2n) is 5.30.